The van der Waals surface area contributed by atoms with Crippen molar-refractivity contribution in [1.82, 2.24) is 4.72 Å². The van der Waals surface area contributed by atoms with Crippen LogP contribution in [0.2, 0.25) is 0 Å². The molecule has 2 N–H and O–H groups in total. The maximum absolute atomic E-state index is 12.9. The maximum Gasteiger partial charge on any atom is 0.240 e. The van der Waals surface area contributed by atoms with Crippen LogP contribution in [0.4, 0.5) is 4.39 Å². The van der Waals surface area contributed by atoms with Crippen molar-refractivity contribution in [3.05, 3.63) is 87.9 Å². The van der Waals surface area contributed by atoms with Gasteiger partial charge in [-0.3, -0.25) is 0 Å². The summed E-state index contributed by atoms with van der Waals surface area (Å²) in [6.07, 6.45) is -0.742. The van der Waals surface area contributed by atoms with Gasteiger partial charge in [0.2, 0.25) is 10.0 Å². The number of rotatable bonds is 6. The van der Waals surface area contributed by atoms with Crippen LogP contribution in [0.15, 0.2) is 71.6 Å². The van der Waals surface area contributed by atoms with E-state index in [0.717, 1.165) is 27.5 Å². The summed E-state index contributed by atoms with van der Waals surface area (Å²) in [7, 11) is -3.71. The highest BCUT2D eigenvalue weighted by Gasteiger charge is 2.16. The summed E-state index contributed by atoms with van der Waals surface area (Å²) in [6.45, 7) is 0.103. The van der Waals surface area contributed by atoms with Crippen molar-refractivity contribution in [3.63, 3.8) is 0 Å². The van der Waals surface area contributed by atoms with Gasteiger partial charge in [0.15, 0.2) is 0 Å². The minimum atomic E-state index is -3.71. The number of hydrogen-bond acceptors (Lipinski definition) is 4. The van der Waals surface area contributed by atoms with Gasteiger partial charge in [-0.1, -0.05) is 30.3 Å². The van der Waals surface area contributed by atoms with Crippen molar-refractivity contribution in [2.75, 3.05) is 0 Å². The molecule has 0 aliphatic heterocycles. The smallest absolute Gasteiger partial charge is 0.240 e. The molecule has 1 heterocycles. The zero-order valence-electron chi connectivity index (χ0n) is 13.1. The normalized spacial score (nSPS) is 12.9. The standard InChI is InChI=1S/C18H16FNO3S2/c19-14-6-9-16(10-7-14)25(22,23)20-12-15-8-11-17(24-15)18(21)13-4-2-1-3-5-13/h1-11,18,20-21H,12H2. The van der Waals surface area contributed by atoms with E-state index in [4.69, 9.17) is 0 Å². The maximum atomic E-state index is 12.9. The van der Waals surface area contributed by atoms with Crippen LogP contribution in [0.3, 0.4) is 0 Å². The largest absolute Gasteiger partial charge is 0.383 e. The average Bonchev–Trinajstić information content (AvgIpc) is 3.10. The lowest BCUT2D eigenvalue weighted by molar-refractivity contribution is 0.224. The molecule has 0 saturated heterocycles. The molecule has 7 heteroatoms. The van der Waals surface area contributed by atoms with Gasteiger partial charge in [-0.25, -0.2) is 17.5 Å². The Morgan fingerprint density at radius 3 is 2.36 bits per heavy atom. The number of aliphatic hydroxyl groups is 1. The van der Waals surface area contributed by atoms with Gasteiger partial charge in [0.1, 0.15) is 11.9 Å². The van der Waals surface area contributed by atoms with Crippen molar-refractivity contribution >= 4 is 21.4 Å². The van der Waals surface area contributed by atoms with E-state index >= 15 is 0 Å². The molecular weight excluding hydrogens is 361 g/mol. The molecule has 1 unspecified atom stereocenters. The van der Waals surface area contributed by atoms with E-state index < -0.39 is 21.9 Å². The summed E-state index contributed by atoms with van der Waals surface area (Å²) < 4.78 is 39.8. The molecule has 4 nitrogen and oxygen atoms in total. The van der Waals surface area contributed by atoms with Crippen LogP contribution >= 0.6 is 11.3 Å². The van der Waals surface area contributed by atoms with Crippen molar-refractivity contribution < 1.29 is 17.9 Å². The monoisotopic (exact) mass is 377 g/mol. The SMILES string of the molecule is O=S(=O)(NCc1ccc(C(O)c2ccccc2)s1)c1ccc(F)cc1. The van der Waals surface area contributed by atoms with Gasteiger partial charge in [0, 0.05) is 16.3 Å². The molecule has 130 valence electrons. The fraction of sp³-hybridized carbons (Fsp3) is 0.111. The lowest BCUT2D eigenvalue weighted by atomic mass is 10.1. The lowest BCUT2D eigenvalue weighted by Crippen LogP contribution is -2.22. The van der Waals surface area contributed by atoms with E-state index in [9.17, 15) is 17.9 Å². The zero-order chi connectivity index (χ0) is 17.9. The second-order valence-corrected chi connectivity index (χ2v) is 8.36. The molecular formula is C18H16FNO3S2. The van der Waals surface area contributed by atoms with E-state index in [1.54, 1.807) is 12.1 Å². The number of hydrogen-bond donors (Lipinski definition) is 2. The molecule has 0 radical (unpaired) electrons. The van der Waals surface area contributed by atoms with Gasteiger partial charge >= 0.3 is 0 Å². The average molecular weight is 377 g/mol. The van der Waals surface area contributed by atoms with Gasteiger partial charge in [-0.05, 0) is 42.0 Å². The van der Waals surface area contributed by atoms with Gasteiger partial charge in [-0.2, -0.15) is 0 Å². The summed E-state index contributed by atoms with van der Waals surface area (Å²) in [4.78, 5) is 1.52. The van der Waals surface area contributed by atoms with E-state index in [2.05, 4.69) is 4.72 Å². The molecule has 0 aliphatic carbocycles. The molecule has 0 aliphatic rings. The molecule has 0 saturated carbocycles. The van der Waals surface area contributed by atoms with Crippen LogP contribution in [-0.2, 0) is 16.6 Å². The summed E-state index contributed by atoms with van der Waals surface area (Å²) in [5.41, 5.74) is 0.780. The number of nitrogens with one attached hydrogen (secondary N) is 1. The Kier molecular flexibility index (Phi) is 5.29. The summed E-state index contributed by atoms with van der Waals surface area (Å²) >= 11 is 1.34. The molecule has 1 aromatic heterocycles. The number of aliphatic hydroxyl groups excluding tert-OH is 1. The van der Waals surface area contributed by atoms with Gasteiger partial charge < -0.3 is 5.11 Å². The summed E-state index contributed by atoms with van der Waals surface area (Å²) in [5.74, 6) is -0.489. The van der Waals surface area contributed by atoms with Crippen LogP contribution in [0.1, 0.15) is 21.4 Å². The third-order valence-electron chi connectivity index (χ3n) is 3.63. The predicted octanol–water partition coefficient (Wildman–Crippen LogP) is 3.45. The van der Waals surface area contributed by atoms with Crippen LogP contribution in [0.25, 0.3) is 0 Å². The first-order chi connectivity index (χ1) is 12.0. The van der Waals surface area contributed by atoms with Gasteiger partial charge in [0.25, 0.3) is 0 Å². The number of benzene rings is 2. The molecule has 0 bridgehead atoms. The fourth-order valence-corrected chi connectivity index (χ4v) is 4.36. The Morgan fingerprint density at radius 1 is 1.00 bits per heavy atom. The number of halogens is 1. The highest BCUT2D eigenvalue weighted by atomic mass is 32.2. The highest BCUT2D eigenvalue weighted by molar-refractivity contribution is 7.89. The molecule has 0 spiro atoms. The Balaban J connectivity index is 1.68. The first-order valence-electron chi connectivity index (χ1n) is 7.52. The van der Waals surface area contributed by atoms with Crippen LogP contribution in [0, 0.1) is 5.82 Å². The highest BCUT2D eigenvalue weighted by Crippen LogP contribution is 2.28. The Morgan fingerprint density at radius 2 is 1.68 bits per heavy atom. The van der Waals surface area contributed by atoms with Crippen LogP contribution in [-0.4, -0.2) is 13.5 Å². The van der Waals surface area contributed by atoms with E-state index in [1.165, 1.54) is 23.5 Å². The molecule has 3 aromatic rings. The topological polar surface area (TPSA) is 66.4 Å². The van der Waals surface area contributed by atoms with Gasteiger partial charge in [-0.15, -0.1) is 11.3 Å². The minimum Gasteiger partial charge on any atom is -0.383 e. The van der Waals surface area contributed by atoms with Crippen LogP contribution in [0.5, 0.6) is 0 Å². The lowest BCUT2D eigenvalue weighted by Gasteiger charge is -2.08. The molecule has 1 atom stereocenters. The Bertz CT molecular complexity index is 938. The summed E-state index contributed by atoms with van der Waals surface area (Å²) in [5, 5.41) is 10.4. The van der Waals surface area contributed by atoms with Crippen molar-refractivity contribution in [3.8, 4) is 0 Å². The van der Waals surface area contributed by atoms with E-state index in [1.807, 2.05) is 30.3 Å². The van der Waals surface area contributed by atoms with E-state index in [0.29, 0.717) is 0 Å². The molecule has 0 amide bonds. The first kappa shape index (κ1) is 17.8. The Hall–Kier alpha value is -2.06. The van der Waals surface area contributed by atoms with Crippen molar-refractivity contribution in [2.24, 2.45) is 0 Å². The third-order valence-corrected chi connectivity index (χ3v) is 6.18. The molecule has 3 rings (SSSR count). The number of sulfonamides is 1. The third kappa shape index (κ3) is 4.32. The quantitative estimate of drug-likeness (QED) is 0.691. The van der Waals surface area contributed by atoms with Crippen LogP contribution < -0.4 is 4.72 Å². The molecule has 0 fully saturated rings. The number of thiophene rings is 1. The second kappa shape index (κ2) is 7.45. The Labute approximate surface area is 149 Å². The van der Waals surface area contributed by atoms with Crippen molar-refractivity contribution in [1.29, 1.82) is 0 Å². The first-order valence-corrected chi connectivity index (χ1v) is 9.82. The molecule has 2 aromatic carbocycles. The van der Waals surface area contributed by atoms with Crippen molar-refractivity contribution in [2.45, 2.75) is 17.5 Å². The minimum absolute atomic E-state index is 0.00926. The summed E-state index contributed by atoms with van der Waals surface area (Å²) in [6, 6.07) is 17.5. The zero-order valence-corrected chi connectivity index (χ0v) is 14.7. The van der Waals surface area contributed by atoms with E-state index in [-0.39, 0.29) is 11.4 Å². The predicted molar refractivity (Wildman–Crippen MR) is 95.2 cm³/mol. The fourth-order valence-electron chi connectivity index (χ4n) is 2.30. The molecule has 25 heavy (non-hydrogen) atoms. The van der Waals surface area contributed by atoms with Gasteiger partial charge in [0.05, 0.1) is 4.90 Å². The second-order valence-electron chi connectivity index (χ2n) is 5.40.